The predicted octanol–water partition coefficient (Wildman–Crippen LogP) is -0.995. The van der Waals surface area contributed by atoms with Crippen molar-refractivity contribution in [2.75, 3.05) is 52.5 Å². The fourth-order valence-electron chi connectivity index (χ4n) is 3.27. The quantitative estimate of drug-likeness (QED) is 0.0723. The molecule has 0 aromatic carbocycles. The largest absolute Gasteiger partial charge is 0.490 e. The fraction of sp³-hybridized carbons (Fsp3) is 0.889. The molecule has 30 heavy (non-hydrogen) atoms. The van der Waals surface area contributed by atoms with Crippen LogP contribution in [0.3, 0.4) is 0 Å². The summed E-state index contributed by atoms with van der Waals surface area (Å²) in [5, 5.41) is 34.7. The Balaban J connectivity index is 1.74. The Kier molecular flexibility index (Phi) is 8.64. The van der Waals surface area contributed by atoms with Crippen LogP contribution in [0.25, 0.3) is 0 Å². The molecule has 2 saturated heterocycles. The maximum atomic E-state index is 11.1. The zero-order chi connectivity index (χ0) is 22.4. The van der Waals surface area contributed by atoms with Gasteiger partial charge in [-0.15, -0.1) is 0 Å². The summed E-state index contributed by atoms with van der Waals surface area (Å²) in [6.45, 7) is 11.6. The normalized spacial score (nSPS) is 25.9. The first-order valence-electron chi connectivity index (χ1n) is 10.2. The number of rotatable bonds is 10. The lowest BCUT2D eigenvalue weighted by Gasteiger charge is -2.24. The molecule has 0 radical (unpaired) electrons. The fourth-order valence-corrected chi connectivity index (χ4v) is 3.27. The van der Waals surface area contributed by atoms with Crippen molar-refractivity contribution in [2.24, 2.45) is 5.73 Å². The number of hydrogen-bond donors (Lipinski definition) is 5. The van der Waals surface area contributed by atoms with E-state index in [9.17, 15) is 5.21 Å². The Bertz CT molecular complexity index is 576. The van der Waals surface area contributed by atoms with Crippen LogP contribution in [0, 0.1) is 10.6 Å². The maximum absolute atomic E-state index is 11.1. The van der Waals surface area contributed by atoms with Gasteiger partial charge in [0.1, 0.15) is 0 Å². The van der Waals surface area contributed by atoms with E-state index in [4.69, 9.17) is 35.3 Å². The average Bonchev–Trinajstić information content (AvgIpc) is 3.19. The first-order chi connectivity index (χ1) is 14.0. The van der Waals surface area contributed by atoms with Crippen molar-refractivity contribution in [2.45, 2.75) is 51.5 Å². The topological polar surface area (TPSA) is 160 Å². The van der Waals surface area contributed by atoms with Crippen LogP contribution >= 0.6 is 0 Å². The highest BCUT2D eigenvalue weighted by Gasteiger charge is 2.33. The van der Waals surface area contributed by atoms with Gasteiger partial charge in [0.15, 0.2) is 11.6 Å². The van der Waals surface area contributed by atoms with Gasteiger partial charge < -0.3 is 44.9 Å². The van der Waals surface area contributed by atoms with Gasteiger partial charge in [-0.3, -0.25) is 11.1 Å². The van der Waals surface area contributed by atoms with Crippen molar-refractivity contribution < 1.29 is 29.1 Å². The van der Waals surface area contributed by atoms with E-state index in [0.717, 1.165) is 0 Å². The first-order valence-corrected chi connectivity index (χ1v) is 10.2. The second-order valence-corrected chi connectivity index (χ2v) is 8.30. The van der Waals surface area contributed by atoms with Crippen molar-refractivity contribution >= 4 is 11.7 Å². The van der Waals surface area contributed by atoms with E-state index in [0.29, 0.717) is 52.5 Å². The van der Waals surface area contributed by atoms with Crippen LogP contribution in [0.15, 0.2) is 0 Å². The molecule has 2 aliphatic rings. The molecule has 0 amide bonds. The van der Waals surface area contributed by atoms with Crippen molar-refractivity contribution in [3.05, 3.63) is 5.21 Å². The molecule has 2 heterocycles. The minimum absolute atomic E-state index is 0.0429. The highest BCUT2D eigenvalue weighted by atomic mass is 16.8. The number of nitrogens with zero attached hydrogens (tertiary/aromatic N) is 2. The maximum Gasteiger partial charge on any atom is 0.355 e. The van der Waals surface area contributed by atoms with E-state index in [2.05, 4.69) is 10.6 Å². The molecular weight excluding hydrogens is 396 g/mol. The Morgan fingerprint density at radius 1 is 1.07 bits per heavy atom. The number of nitrogens with one attached hydrogen (secondary N) is 3. The lowest BCUT2D eigenvalue weighted by atomic mass is 10.3. The standard InChI is InChI=1S/C18H36N6O6/c1-17(2)27-11-13(29-17)9-21-5-7-23(15(19)16(20)24(25)26)8-6-22-10-14-12-28-18(3,4)30-14/h13-14,19,21-22H,5-12,20H2,1-4H3,(H,25,26). The van der Waals surface area contributed by atoms with Crippen LogP contribution in [0.1, 0.15) is 27.7 Å². The smallest absolute Gasteiger partial charge is 0.355 e. The molecule has 2 fully saturated rings. The average molecular weight is 433 g/mol. The molecule has 2 aliphatic heterocycles. The molecular formula is C18H36N6O6. The number of amidine groups is 2. The zero-order valence-electron chi connectivity index (χ0n) is 18.3. The van der Waals surface area contributed by atoms with Gasteiger partial charge in [0, 0.05) is 39.3 Å². The predicted molar refractivity (Wildman–Crippen MR) is 109 cm³/mol. The van der Waals surface area contributed by atoms with Crippen LogP contribution in [-0.4, -0.2) is 103 Å². The van der Waals surface area contributed by atoms with Gasteiger partial charge in [0.2, 0.25) is 5.84 Å². The van der Waals surface area contributed by atoms with Crippen molar-refractivity contribution in [1.29, 1.82) is 5.41 Å². The summed E-state index contributed by atoms with van der Waals surface area (Å²) in [4.78, 5) is 1.12. The lowest BCUT2D eigenvalue weighted by molar-refractivity contribution is -0.725. The van der Waals surface area contributed by atoms with Gasteiger partial charge in [0.25, 0.3) is 0 Å². The highest BCUT2D eigenvalue weighted by Crippen LogP contribution is 2.22. The molecule has 12 nitrogen and oxygen atoms in total. The molecule has 0 aliphatic carbocycles. The second kappa shape index (κ2) is 10.6. The van der Waals surface area contributed by atoms with E-state index in [1.54, 1.807) is 4.90 Å². The van der Waals surface area contributed by atoms with Crippen LogP contribution in [0.4, 0.5) is 0 Å². The third-order valence-electron chi connectivity index (χ3n) is 4.76. The number of ether oxygens (including phenoxy) is 4. The molecule has 0 bridgehead atoms. The Morgan fingerprint density at radius 2 is 1.50 bits per heavy atom. The number of nitrogens with two attached hydrogens (primary N) is 1. The molecule has 6 N–H and O–H groups in total. The molecule has 2 unspecified atom stereocenters. The minimum Gasteiger partial charge on any atom is -0.490 e. The van der Waals surface area contributed by atoms with E-state index in [-0.39, 0.29) is 18.0 Å². The van der Waals surface area contributed by atoms with Crippen molar-refractivity contribution in [3.8, 4) is 0 Å². The Morgan fingerprint density at radius 3 is 1.83 bits per heavy atom. The summed E-state index contributed by atoms with van der Waals surface area (Å²) in [7, 11) is 0. The SMILES string of the molecule is CC1(C)OCC(CNCCN(CCNCC2COC(C)(C)O2)C(=N)/C(N)=[N+](\[O-])O)O1. The summed E-state index contributed by atoms with van der Waals surface area (Å²) < 4.78 is 22.5. The third-order valence-corrected chi connectivity index (χ3v) is 4.76. The van der Waals surface area contributed by atoms with Crippen LogP contribution in [0.5, 0.6) is 0 Å². The summed E-state index contributed by atoms with van der Waals surface area (Å²) >= 11 is 0. The molecule has 2 atom stereocenters. The summed E-state index contributed by atoms with van der Waals surface area (Å²) in [5.74, 6) is -1.94. The van der Waals surface area contributed by atoms with Crippen LogP contribution < -0.4 is 16.4 Å². The van der Waals surface area contributed by atoms with E-state index >= 15 is 0 Å². The van der Waals surface area contributed by atoms with Crippen LogP contribution in [-0.2, 0) is 18.9 Å². The molecule has 0 spiro atoms. The van der Waals surface area contributed by atoms with Gasteiger partial charge >= 0.3 is 5.84 Å². The van der Waals surface area contributed by atoms with E-state index in [1.165, 1.54) is 0 Å². The molecule has 174 valence electrons. The van der Waals surface area contributed by atoms with Gasteiger partial charge in [-0.2, -0.15) is 0 Å². The first kappa shape index (κ1) is 24.6. The molecule has 0 saturated carbocycles. The Hall–Kier alpha value is -1.70. The summed E-state index contributed by atoms with van der Waals surface area (Å²) in [5.41, 5.74) is 5.53. The van der Waals surface area contributed by atoms with E-state index in [1.807, 2.05) is 27.7 Å². The number of hydrogen-bond acceptors (Lipinski definition) is 9. The Labute approximate surface area is 177 Å². The van der Waals surface area contributed by atoms with Crippen LogP contribution in [0.2, 0.25) is 0 Å². The third kappa shape index (κ3) is 7.85. The molecule has 2 rings (SSSR count). The zero-order valence-corrected chi connectivity index (χ0v) is 18.3. The second-order valence-electron chi connectivity index (χ2n) is 8.30. The molecule has 0 aromatic rings. The van der Waals surface area contributed by atoms with Gasteiger partial charge in [0.05, 0.1) is 25.4 Å². The lowest BCUT2D eigenvalue weighted by Crippen LogP contribution is -2.48. The van der Waals surface area contributed by atoms with Gasteiger partial charge in [-0.25, -0.2) is 0 Å². The van der Waals surface area contributed by atoms with Crippen molar-refractivity contribution in [3.63, 3.8) is 0 Å². The monoisotopic (exact) mass is 432 g/mol. The van der Waals surface area contributed by atoms with E-state index < -0.39 is 22.3 Å². The van der Waals surface area contributed by atoms with Gasteiger partial charge in [-0.1, -0.05) is 0 Å². The van der Waals surface area contributed by atoms with Gasteiger partial charge in [-0.05, 0) is 32.6 Å². The summed E-state index contributed by atoms with van der Waals surface area (Å²) in [6, 6.07) is 0. The minimum atomic E-state index is -0.572. The molecule has 0 aromatic heterocycles. The molecule has 12 heteroatoms. The highest BCUT2D eigenvalue weighted by molar-refractivity contribution is 6.36. The van der Waals surface area contributed by atoms with Crippen molar-refractivity contribution in [1.82, 2.24) is 15.5 Å². The summed E-state index contributed by atoms with van der Waals surface area (Å²) in [6.07, 6.45) is -0.0858.